The topological polar surface area (TPSA) is 58.1 Å². The average molecular weight is 733 g/mol. The first-order valence-electron chi connectivity index (χ1n) is 17.0. The third-order valence-electron chi connectivity index (χ3n) is 10.2. The van der Waals surface area contributed by atoms with E-state index < -0.39 is 0 Å². The van der Waals surface area contributed by atoms with Crippen LogP contribution in [0.4, 0.5) is 0 Å². The van der Waals surface area contributed by atoms with Crippen molar-refractivity contribution in [2.75, 3.05) is 26.2 Å². The van der Waals surface area contributed by atoms with Crippen LogP contribution in [0.3, 0.4) is 0 Å². The Balaban J connectivity index is 0.000000155. The molecule has 4 aliphatic rings. The van der Waals surface area contributed by atoms with Crippen molar-refractivity contribution in [2.45, 2.75) is 58.3 Å². The van der Waals surface area contributed by atoms with Crippen molar-refractivity contribution in [2.24, 2.45) is 0 Å². The van der Waals surface area contributed by atoms with Crippen LogP contribution in [-0.2, 0) is 30.5 Å². The molecule has 0 bridgehead atoms. The van der Waals surface area contributed by atoms with E-state index in [1.54, 1.807) is 13.1 Å². The maximum absolute atomic E-state index is 11.7. The van der Waals surface area contributed by atoms with Crippen molar-refractivity contribution in [1.29, 1.82) is 0 Å². The molecule has 0 atom stereocenters. The number of nitrogens with zero attached hydrogens (tertiary/aromatic N) is 3. The molecular formula is C40H38Cl4N4O. The van der Waals surface area contributed by atoms with Crippen LogP contribution in [0.25, 0.3) is 11.1 Å². The molecule has 0 unspecified atom stereocenters. The SMILES string of the molecule is CC(=O)N1CCC(=C2c3ccc(Cl)cc3CCc3c(Cl)ccnc32)CC1.Clc1ccc2c(c1)CCc1c(Cl)ccnc1C2=C1CCNCC1. The molecule has 0 radical (unpaired) electrons. The number of benzene rings is 2. The molecule has 9 heteroatoms. The minimum Gasteiger partial charge on any atom is -0.342 e. The number of piperidine rings is 2. The fourth-order valence-corrected chi connectivity index (χ4v) is 8.55. The van der Waals surface area contributed by atoms with Gasteiger partial charge in [-0.05, 0) is 134 Å². The molecule has 2 aliphatic heterocycles. The molecule has 4 heterocycles. The van der Waals surface area contributed by atoms with E-state index in [9.17, 15) is 4.79 Å². The predicted octanol–water partition coefficient (Wildman–Crippen LogP) is 9.60. The molecule has 252 valence electrons. The lowest BCUT2D eigenvalue weighted by molar-refractivity contribution is -0.129. The Labute approximate surface area is 308 Å². The lowest BCUT2D eigenvalue weighted by Crippen LogP contribution is -2.34. The van der Waals surface area contributed by atoms with Gasteiger partial charge >= 0.3 is 0 Å². The van der Waals surface area contributed by atoms with Crippen molar-refractivity contribution >= 4 is 63.5 Å². The van der Waals surface area contributed by atoms with Crippen LogP contribution in [0.5, 0.6) is 0 Å². The standard InChI is InChI=1S/C21H20Cl2N2O.C19H18Cl2N2/c1-13(26)25-10-7-14(8-11-25)20-17-5-3-16(22)12-15(17)2-4-18-19(23)6-9-24-21(18)20;20-14-2-4-15-13(11-14)1-3-16-17(21)7-10-23-19(16)18(15)12-5-8-22-9-6-12/h3,5-6,9,12H,2,4,7-8,10-11H2,1H3;2,4,7,10-11,22H,1,3,5-6,8-9H2. The van der Waals surface area contributed by atoms with Crippen molar-refractivity contribution in [1.82, 2.24) is 20.2 Å². The van der Waals surface area contributed by atoms with E-state index in [-0.39, 0.29) is 5.91 Å². The van der Waals surface area contributed by atoms with Crippen molar-refractivity contribution < 1.29 is 4.79 Å². The molecule has 2 aromatic heterocycles. The van der Waals surface area contributed by atoms with Crippen LogP contribution >= 0.6 is 46.4 Å². The molecule has 2 aliphatic carbocycles. The Morgan fingerprint density at radius 3 is 1.57 bits per heavy atom. The summed E-state index contributed by atoms with van der Waals surface area (Å²) in [6.45, 7) is 5.20. The maximum atomic E-state index is 11.7. The van der Waals surface area contributed by atoms with Crippen LogP contribution in [0.15, 0.2) is 72.1 Å². The van der Waals surface area contributed by atoms with E-state index in [0.717, 1.165) is 115 Å². The van der Waals surface area contributed by atoms with Gasteiger partial charge in [0.15, 0.2) is 0 Å². The molecule has 1 N–H and O–H groups in total. The molecule has 49 heavy (non-hydrogen) atoms. The van der Waals surface area contributed by atoms with Gasteiger partial charge in [-0.3, -0.25) is 14.8 Å². The Morgan fingerprint density at radius 1 is 0.633 bits per heavy atom. The minimum atomic E-state index is 0.142. The van der Waals surface area contributed by atoms with Gasteiger partial charge in [0.1, 0.15) is 0 Å². The highest BCUT2D eigenvalue weighted by molar-refractivity contribution is 6.32. The van der Waals surface area contributed by atoms with Gasteiger partial charge in [0.2, 0.25) is 5.91 Å². The number of hydrogen-bond donors (Lipinski definition) is 1. The number of rotatable bonds is 0. The minimum absolute atomic E-state index is 0.142. The Hall–Kier alpha value is -3.19. The van der Waals surface area contributed by atoms with Crippen LogP contribution in [0.2, 0.25) is 20.1 Å². The van der Waals surface area contributed by atoms with Crippen molar-refractivity contribution in [3.63, 3.8) is 0 Å². The smallest absolute Gasteiger partial charge is 0.219 e. The zero-order valence-corrected chi connectivity index (χ0v) is 30.5. The molecule has 5 nitrogen and oxygen atoms in total. The van der Waals surface area contributed by atoms with E-state index in [2.05, 4.69) is 29.6 Å². The highest BCUT2D eigenvalue weighted by Crippen LogP contribution is 2.41. The highest BCUT2D eigenvalue weighted by Gasteiger charge is 2.27. The second-order valence-corrected chi connectivity index (χ2v) is 14.7. The first-order valence-corrected chi connectivity index (χ1v) is 18.5. The molecule has 1 amide bonds. The summed E-state index contributed by atoms with van der Waals surface area (Å²) in [6.07, 6.45) is 11.1. The van der Waals surface area contributed by atoms with Crippen LogP contribution in [0.1, 0.15) is 77.4 Å². The Kier molecular flexibility index (Phi) is 10.5. The number of likely N-dealkylation sites (tertiary alicyclic amines) is 1. The number of carbonyl (C=O) groups is 1. The van der Waals surface area contributed by atoms with E-state index in [1.165, 1.54) is 50.1 Å². The summed E-state index contributed by atoms with van der Waals surface area (Å²) in [7, 11) is 0. The van der Waals surface area contributed by atoms with Gasteiger partial charge in [0.25, 0.3) is 0 Å². The summed E-state index contributed by atoms with van der Waals surface area (Å²) in [5.41, 5.74) is 14.7. The van der Waals surface area contributed by atoms with Crippen LogP contribution in [0, 0.1) is 0 Å². The fourth-order valence-electron chi connectivity index (χ4n) is 7.68. The zero-order valence-electron chi connectivity index (χ0n) is 27.5. The Morgan fingerprint density at radius 2 is 1.10 bits per heavy atom. The maximum Gasteiger partial charge on any atom is 0.219 e. The molecule has 0 saturated carbocycles. The first-order chi connectivity index (χ1) is 23.8. The number of aromatic nitrogens is 2. The van der Waals surface area contributed by atoms with Gasteiger partial charge in [-0.1, -0.05) is 69.7 Å². The number of hydrogen-bond acceptors (Lipinski definition) is 4. The van der Waals surface area contributed by atoms with Crippen molar-refractivity contribution in [3.05, 3.63) is 137 Å². The quantitative estimate of drug-likeness (QED) is 0.196. The van der Waals surface area contributed by atoms with E-state index in [0.29, 0.717) is 0 Å². The zero-order chi connectivity index (χ0) is 34.1. The summed E-state index contributed by atoms with van der Waals surface area (Å²) >= 11 is 25.5. The van der Waals surface area contributed by atoms with Gasteiger partial charge in [-0.15, -0.1) is 0 Å². The molecule has 2 fully saturated rings. The van der Waals surface area contributed by atoms with Crippen molar-refractivity contribution in [3.8, 4) is 0 Å². The van der Waals surface area contributed by atoms with E-state index in [1.807, 2.05) is 35.4 Å². The summed E-state index contributed by atoms with van der Waals surface area (Å²) in [5, 5.41) is 6.58. The van der Waals surface area contributed by atoms with Gasteiger partial charge < -0.3 is 10.2 Å². The second-order valence-electron chi connectivity index (χ2n) is 13.1. The number of amides is 1. The third-order valence-corrected chi connectivity index (χ3v) is 11.3. The monoisotopic (exact) mass is 730 g/mol. The molecule has 2 saturated heterocycles. The number of aryl methyl sites for hydroxylation is 2. The second kappa shape index (κ2) is 15.0. The lowest BCUT2D eigenvalue weighted by atomic mass is 9.88. The summed E-state index contributed by atoms with van der Waals surface area (Å²) < 4.78 is 0. The molecule has 4 aromatic rings. The molecule has 0 spiro atoms. The van der Waals surface area contributed by atoms with Gasteiger partial charge in [0, 0.05) is 63.6 Å². The molecular weight excluding hydrogens is 694 g/mol. The molecule has 8 rings (SSSR count). The number of pyridine rings is 2. The van der Waals surface area contributed by atoms with Crippen LogP contribution < -0.4 is 5.32 Å². The number of halogens is 4. The third kappa shape index (κ3) is 7.20. The molecule has 2 aromatic carbocycles. The highest BCUT2D eigenvalue weighted by atomic mass is 35.5. The van der Waals surface area contributed by atoms with Gasteiger partial charge in [-0.25, -0.2) is 0 Å². The number of carbonyl (C=O) groups excluding carboxylic acids is 1. The lowest BCUT2D eigenvalue weighted by Gasteiger charge is -2.29. The first kappa shape index (κ1) is 34.3. The van der Waals surface area contributed by atoms with E-state index >= 15 is 0 Å². The number of nitrogens with one attached hydrogen (secondary N) is 1. The Bertz CT molecular complexity index is 1980. The predicted molar refractivity (Wildman–Crippen MR) is 202 cm³/mol. The number of fused-ring (bicyclic) bond motifs is 4. The van der Waals surface area contributed by atoms with Crippen LogP contribution in [-0.4, -0.2) is 47.0 Å². The average Bonchev–Trinajstić information content (AvgIpc) is 3.38. The normalized spacial score (nSPS) is 17.1. The largest absolute Gasteiger partial charge is 0.342 e. The fraction of sp³-hybridized carbons (Fsp3) is 0.325. The summed E-state index contributed by atoms with van der Waals surface area (Å²) in [5.74, 6) is 0.142. The van der Waals surface area contributed by atoms with Gasteiger partial charge in [-0.2, -0.15) is 0 Å². The van der Waals surface area contributed by atoms with Gasteiger partial charge in [0.05, 0.1) is 11.4 Å². The summed E-state index contributed by atoms with van der Waals surface area (Å²) in [6, 6.07) is 16.1. The van der Waals surface area contributed by atoms with E-state index in [4.69, 9.17) is 56.4 Å². The summed E-state index contributed by atoms with van der Waals surface area (Å²) in [4.78, 5) is 23.0.